The zero-order valence-corrected chi connectivity index (χ0v) is 19.8. The van der Waals surface area contributed by atoms with E-state index in [1.807, 2.05) is 42.5 Å². The summed E-state index contributed by atoms with van der Waals surface area (Å²) < 4.78 is 25.6. The predicted molar refractivity (Wildman–Crippen MR) is 129 cm³/mol. The highest BCUT2D eigenvalue weighted by Crippen LogP contribution is 2.26. The first-order valence-electron chi connectivity index (χ1n) is 10.5. The summed E-state index contributed by atoms with van der Waals surface area (Å²) in [5.41, 5.74) is 0.886. The Kier molecular flexibility index (Phi) is 7.05. The Bertz CT molecular complexity index is 1220. The van der Waals surface area contributed by atoms with E-state index in [0.717, 1.165) is 16.3 Å². The largest absolute Gasteiger partial charge is 0.340 e. The van der Waals surface area contributed by atoms with Crippen molar-refractivity contribution >= 4 is 49.7 Å². The van der Waals surface area contributed by atoms with Gasteiger partial charge in [-0.15, -0.1) is 0 Å². The fourth-order valence-corrected chi connectivity index (χ4v) is 5.70. The maximum Gasteiger partial charge on any atom is 0.223 e. The van der Waals surface area contributed by atoms with E-state index in [-0.39, 0.29) is 23.0 Å². The molecule has 5 nitrogen and oxygen atoms in total. The minimum Gasteiger partial charge on any atom is -0.340 e. The van der Waals surface area contributed by atoms with Crippen LogP contribution in [0.3, 0.4) is 0 Å². The van der Waals surface area contributed by atoms with Gasteiger partial charge in [0, 0.05) is 54.8 Å². The van der Waals surface area contributed by atoms with Gasteiger partial charge in [-0.3, -0.25) is 9.69 Å². The summed E-state index contributed by atoms with van der Waals surface area (Å²) in [5.74, 6) is -0.329. The van der Waals surface area contributed by atoms with Gasteiger partial charge in [0.2, 0.25) is 5.91 Å². The second-order valence-electron chi connectivity index (χ2n) is 7.93. The molecule has 3 aromatic carbocycles. The van der Waals surface area contributed by atoms with Crippen molar-refractivity contribution in [2.45, 2.75) is 17.9 Å². The lowest BCUT2D eigenvalue weighted by Gasteiger charge is -2.35. The van der Waals surface area contributed by atoms with Crippen molar-refractivity contribution < 1.29 is 13.2 Å². The Morgan fingerprint density at radius 2 is 1.50 bits per heavy atom. The number of carbonyl (C=O) groups excluding carboxylic acids is 1. The van der Waals surface area contributed by atoms with E-state index >= 15 is 0 Å². The number of benzene rings is 3. The van der Waals surface area contributed by atoms with Crippen LogP contribution in [0.4, 0.5) is 0 Å². The summed E-state index contributed by atoms with van der Waals surface area (Å²) in [7, 11) is -3.53. The molecule has 0 saturated carbocycles. The zero-order valence-electron chi connectivity index (χ0n) is 17.5. The van der Waals surface area contributed by atoms with Gasteiger partial charge in [-0.2, -0.15) is 0 Å². The smallest absolute Gasteiger partial charge is 0.223 e. The van der Waals surface area contributed by atoms with Crippen LogP contribution in [0.5, 0.6) is 0 Å². The number of nitrogens with zero attached hydrogens (tertiary/aromatic N) is 2. The molecule has 1 aliphatic rings. The molecule has 0 bridgehead atoms. The third-order valence-corrected chi connectivity index (χ3v) is 8.26. The van der Waals surface area contributed by atoms with Crippen molar-refractivity contribution in [3.63, 3.8) is 0 Å². The van der Waals surface area contributed by atoms with Crippen molar-refractivity contribution in [1.82, 2.24) is 9.80 Å². The Balaban J connectivity index is 1.31. The first-order chi connectivity index (χ1) is 15.3. The molecule has 3 aromatic rings. The van der Waals surface area contributed by atoms with E-state index in [2.05, 4.69) is 4.90 Å². The van der Waals surface area contributed by atoms with E-state index in [0.29, 0.717) is 42.8 Å². The SMILES string of the molecule is O=C(CCS(=O)(=O)c1ccc2ccccc2c1)N1CCN(Cc2c(Cl)cccc2Cl)CC1. The van der Waals surface area contributed by atoms with Crippen LogP contribution < -0.4 is 0 Å². The quantitative estimate of drug-likeness (QED) is 0.504. The molecule has 8 heteroatoms. The van der Waals surface area contributed by atoms with Crippen LogP contribution in [0.15, 0.2) is 65.6 Å². The van der Waals surface area contributed by atoms with Gasteiger partial charge in [0.1, 0.15) is 0 Å². The molecule has 0 unspecified atom stereocenters. The molecule has 1 saturated heterocycles. The van der Waals surface area contributed by atoms with E-state index in [9.17, 15) is 13.2 Å². The molecule has 0 N–H and O–H groups in total. The van der Waals surface area contributed by atoms with Crippen LogP contribution in [-0.4, -0.2) is 56.1 Å². The normalized spacial score (nSPS) is 15.2. The summed E-state index contributed by atoms with van der Waals surface area (Å²) in [6.45, 7) is 3.10. The minimum absolute atomic E-state index is 0.0223. The van der Waals surface area contributed by atoms with Crippen molar-refractivity contribution in [3.8, 4) is 0 Å². The van der Waals surface area contributed by atoms with Crippen molar-refractivity contribution in [2.75, 3.05) is 31.9 Å². The minimum atomic E-state index is -3.53. The maximum atomic E-state index is 12.8. The molecule has 168 valence electrons. The summed E-state index contributed by atoms with van der Waals surface area (Å²) in [6, 6.07) is 18.2. The number of hydrogen-bond donors (Lipinski definition) is 0. The third kappa shape index (κ3) is 5.26. The maximum absolute atomic E-state index is 12.8. The number of piperazine rings is 1. The average molecular weight is 491 g/mol. The zero-order chi connectivity index (χ0) is 22.7. The first kappa shape index (κ1) is 23.1. The lowest BCUT2D eigenvalue weighted by Crippen LogP contribution is -2.48. The lowest BCUT2D eigenvalue weighted by molar-refractivity contribution is -0.132. The summed E-state index contributed by atoms with van der Waals surface area (Å²) in [5, 5.41) is 3.12. The van der Waals surface area contributed by atoms with Crippen LogP contribution in [0.25, 0.3) is 10.8 Å². The highest BCUT2D eigenvalue weighted by Gasteiger charge is 2.24. The third-order valence-electron chi connectivity index (χ3n) is 5.83. The van der Waals surface area contributed by atoms with Gasteiger partial charge in [0.05, 0.1) is 10.6 Å². The average Bonchev–Trinajstić information content (AvgIpc) is 2.80. The number of halogens is 2. The van der Waals surface area contributed by atoms with Crippen LogP contribution in [-0.2, 0) is 21.2 Å². The van der Waals surface area contributed by atoms with Gasteiger partial charge in [-0.1, -0.05) is 59.6 Å². The number of sulfone groups is 1. The topological polar surface area (TPSA) is 57.7 Å². The molecule has 0 atom stereocenters. The molecule has 1 heterocycles. The molecule has 0 spiro atoms. The van der Waals surface area contributed by atoms with Gasteiger partial charge < -0.3 is 4.90 Å². The fourth-order valence-electron chi connectivity index (χ4n) is 3.92. The fraction of sp³-hybridized carbons (Fsp3) is 0.292. The molecule has 4 rings (SSSR count). The second-order valence-corrected chi connectivity index (χ2v) is 10.9. The van der Waals surface area contributed by atoms with E-state index in [4.69, 9.17) is 23.2 Å². The summed E-state index contributed by atoms with van der Waals surface area (Å²) >= 11 is 12.5. The number of rotatable bonds is 6. The van der Waals surface area contributed by atoms with Gasteiger partial charge in [0.15, 0.2) is 9.84 Å². The monoisotopic (exact) mass is 490 g/mol. The highest BCUT2D eigenvalue weighted by atomic mass is 35.5. The number of carbonyl (C=O) groups is 1. The van der Waals surface area contributed by atoms with Crippen LogP contribution in [0, 0.1) is 0 Å². The van der Waals surface area contributed by atoms with Crippen molar-refractivity contribution in [2.24, 2.45) is 0 Å². The Morgan fingerprint density at radius 1 is 0.844 bits per heavy atom. The summed E-state index contributed by atoms with van der Waals surface area (Å²) in [4.78, 5) is 16.9. The molecule has 0 aliphatic carbocycles. The van der Waals surface area contributed by atoms with Crippen LogP contribution in [0.2, 0.25) is 10.0 Å². The Morgan fingerprint density at radius 3 is 2.19 bits per heavy atom. The number of amides is 1. The summed E-state index contributed by atoms with van der Waals surface area (Å²) in [6.07, 6.45) is -0.0223. The molecular formula is C24H24Cl2N2O3S. The first-order valence-corrected chi connectivity index (χ1v) is 12.9. The van der Waals surface area contributed by atoms with Crippen LogP contribution >= 0.6 is 23.2 Å². The highest BCUT2D eigenvalue weighted by molar-refractivity contribution is 7.91. The van der Waals surface area contributed by atoms with E-state index in [1.54, 1.807) is 23.1 Å². The van der Waals surface area contributed by atoms with Gasteiger partial charge in [0.25, 0.3) is 0 Å². The van der Waals surface area contributed by atoms with Gasteiger partial charge in [-0.05, 0) is 35.0 Å². The van der Waals surface area contributed by atoms with Gasteiger partial charge >= 0.3 is 0 Å². The molecule has 0 radical (unpaired) electrons. The Labute approximate surface area is 198 Å². The van der Waals surface area contributed by atoms with Crippen molar-refractivity contribution in [3.05, 3.63) is 76.3 Å². The molecule has 32 heavy (non-hydrogen) atoms. The number of fused-ring (bicyclic) bond motifs is 1. The number of hydrogen-bond acceptors (Lipinski definition) is 4. The molecular weight excluding hydrogens is 467 g/mol. The molecule has 0 aromatic heterocycles. The Hall–Kier alpha value is -2.12. The molecule has 1 aliphatic heterocycles. The van der Waals surface area contributed by atoms with E-state index in [1.165, 1.54) is 0 Å². The molecule has 1 amide bonds. The lowest BCUT2D eigenvalue weighted by atomic mass is 10.1. The predicted octanol–water partition coefficient (Wildman–Crippen LogP) is 4.65. The second kappa shape index (κ2) is 9.79. The van der Waals surface area contributed by atoms with Crippen LogP contribution in [0.1, 0.15) is 12.0 Å². The standard InChI is InChI=1S/C24H24Cl2N2O3S/c25-22-6-3-7-23(26)21(22)17-27-11-13-28(14-12-27)24(29)10-15-32(30,31)20-9-8-18-4-1-2-5-19(18)16-20/h1-9,16H,10-15,17H2. The van der Waals surface area contributed by atoms with Crippen molar-refractivity contribution in [1.29, 1.82) is 0 Å². The molecule has 1 fully saturated rings. The van der Waals surface area contributed by atoms with E-state index < -0.39 is 9.84 Å². The van der Waals surface area contributed by atoms with Gasteiger partial charge in [-0.25, -0.2) is 8.42 Å².